The van der Waals surface area contributed by atoms with Crippen molar-refractivity contribution in [3.63, 3.8) is 0 Å². The van der Waals surface area contributed by atoms with Gasteiger partial charge in [-0.2, -0.15) is 0 Å². The van der Waals surface area contributed by atoms with Crippen molar-refractivity contribution in [2.24, 2.45) is 5.92 Å². The lowest BCUT2D eigenvalue weighted by atomic mass is 9.84. The SMILES string of the molecule is O=C(O)CC1COC2(CCN(c3ccc(-c4nc5ccc(Cl)cc5[nH]4)cn3)CC2)C1. The summed E-state index contributed by atoms with van der Waals surface area (Å²) in [5.74, 6) is 1.10. The first-order valence-corrected chi connectivity index (χ1v) is 10.6. The van der Waals surface area contributed by atoms with E-state index in [4.69, 9.17) is 21.4 Å². The Morgan fingerprint density at radius 2 is 2.13 bits per heavy atom. The van der Waals surface area contributed by atoms with Crippen LogP contribution in [0.25, 0.3) is 22.4 Å². The van der Waals surface area contributed by atoms with Gasteiger partial charge < -0.3 is 19.7 Å². The molecule has 2 aromatic heterocycles. The van der Waals surface area contributed by atoms with Crippen LogP contribution in [0.2, 0.25) is 5.02 Å². The number of carbonyl (C=O) groups is 1. The van der Waals surface area contributed by atoms with Crippen LogP contribution in [0.15, 0.2) is 36.5 Å². The molecule has 2 saturated heterocycles. The molecule has 0 amide bonds. The Kier molecular flexibility index (Phi) is 4.87. The number of benzene rings is 1. The predicted octanol–water partition coefficient (Wildman–Crippen LogP) is 4.13. The Morgan fingerprint density at radius 1 is 1.30 bits per heavy atom. The lowest BCUT2D eigenvalue weighted by Crippen LogP contribution is -2.44. The van der Waals surface area contributed by atoms with Crippen LogP contribution in [0.3, 0.4) is 0 Å². The van der Waals surface area contributed by atoms with Gasteiger partial charge >= 0.3 is 5.97 Å². The number of fused-ring (bicyclic) bond motifs is 1. The van der Waals surface area contributed by atoms with Crippen molar-refractivity contribution in [3.05, 3.63) is 41.6 Å². The van der Waals surface area contributed by atoms with Crippen molar-refractivity contribution in [1.29, 1.82) is 0 Å². The summed E-state index contributed by atoms with van der Waals surface area (Å²) < 4.78 is 6.06. The van der Waals surface area contributed by atoms with Gasteiger partial charge in [0.1, 0.15) is 11.6 Å². The Labute approximate surface area is 179 Å². The first-order chi connectivity index (χ1) is 14.5. The van der Waals surface area contributed by atoms with Crippen LogP contribution < -0.4 is 4.90 Å². The average molecular weight is 427 g/mol. The Balaban J connectivity index is 1.25. The van der Waals surface area contributed by atoms with Crippen LogP contribution >= 0.6 is 11.6 Å². The van der Waals surface area contributed by atoms with Crippen molar-refractivity contribution in [3.8, 4) is 11.4 Å². The number of imidazole rings is 1. The Morgan fingerprint density at radius 3 is 2.87 bits per heavy atom. The molecule has 8 heteroatoms. The van der Waals surface area contributed by atoms with E-state index < -0.39 is 5.97 Å². The summed E-state index contributed by atoms with van der Waals surface area (Å²) in [5.41, 5.74) is 2.54. The van der Waals surface area contributed by atoms with Crippen LogP contribution in [-0.2, 0) is 9.53 Å². The first kappa shape index (κ1) is 19.3. The molecule has 1 unspecified atom stereocenters. The fraction of sp³-hybridized carbons (Fsp3) is 0.409. The number of ether oxygens (including phenoxy) is 1. The number of carboxylic acids is 1. The van der Waals surface area contributed by atoms with E-state index in [9.17, 15) is 4.79 Å². The third-order valence-corrected chi connectivity index (χ3v) is 6.45. The van der Waals surface area contributed by atoms with Crippen molar-refractivity contribution in [1.82, 2.24) is 15.0 Å². The second kappa shape index (κ2) is 7.56. The topological polar surface area (TPSA) is 91.3 Å². The number of carboxylic acid groups (broad SMARTS) is 1. The van der Waals surface area contributed by atoms with E-state index in [0.29, 0.717) is 11.6 Å². The molecule has 156 valence electrons. The molecule has 7 nitrogen and oxygen atoms in total. The second-order valence-corrected chi connectivity index (χ2v) is 8.74. The summed E-state index contributed by atoms with van der Waals surface area (Å²) in [6, 6.07) is 9.65. The van der Waals surface area contributed by atoms with Gasteiger partial charge in [-0.1, -0.05) is 11.6 Å². The molecular formula is C22H23ClN4O3. The first-order valence-electron chi connectivity index (χ1n) is 10.2. The van der Waals surface area contributed by atoms with Crippen LogP contribution in [0.4, 0.5) is 5.82 Å². The lowest BCUT2D eigenvalue weighted by Gasteiger charge is -2.39. The van der Waals surface area contributed by atoms with Gasteiger partial charge in [0, 0.05) is 29.9 Å². The highest BCUT2D eigenvalue weighted by molar-refractivity contribution is 6.31. The number of pyridine rings is 1. The highest BCUT2D eigenvalue weighted by Crippen LogP contribution is 2.40. The summed E-state index contributed by atoms with van der Waals surface area (Å²) >= 11 is 6.06. The molecule has 0 bridgehead atoms. The van der Waals surface area contributed by atoms with Gasteiger partial charge in [0.15, 0.2) is 0 Å². The summed E-state index contributed by atoms with van der Waals surface area (Å²) in [5, 5.41) is 9.70. The zero-order valence-corrected chi connectivity index (χ0v) is 17.2. The van der Waals surface area contributed by atoms with Gasteiger partial charge in [0.25, 0.3) is 0 Å². The van der Waals surface area contributed by atoms with Gasteiger partial charge in [0.2, 0.25) is 0 Å². The van der Waals surface area contributed by atoms with E-state index in [-0.39, 0.29) is 17.9 Å². The molecule has 2 N–H and O–H groups in total. The van der Waals surface area contributed by atoms with Crippen molar-refractivity contribution < 1.29 is 14.6 Å². The molecule has 1 aromatic carbocycles. The number of halogens is 1. The van der Waals surface area contributed by atoms with Crippen LogP contribution in [0.1, 0.15) is 25.7 Å². The largest absolute Gasteiger partial charge is 0.481 e. The molecule has 4 heterocycles. The number of aliphatic carboxylic acids is 1. The quantitative estimate of drug-likeness (QED) is 0.651. The molecule has 0 saturated carbocycles. The fourth-order valence-electron chi connectivity index (χ4n) is 4.64. The van der Waals surface area contributed by atoms with Gasteiger partial charge in [0.05, 0.1) is 29.7 Å². The fourth-order valence-corrected chi connectivity index (χ4v) is 4.81. The zero-order chi connectivity index (χ0) is 20.7. The van der Waals surface area contributed by atoms with Crippen LogP contribution in [-0.4, -0.2) is 51.3 Å². The number of anilines is 1. The third kappa shape index (κ3) is 3.75. The number of aromatic amines is 1. The molecule has 0 radical (unpaired) electrons. The number of nitrogens with zero attached hydrogens (tertiary/aromatic N) is 3. The van der Waals surface area contributed by atoms with Crippen molar-refractivity contribution in [2.45, 2.75) is 31.3 Å². The summed E-state index contributed by atoms with van der Waals surface area (Å²) in [6.07, 6.45) is 4.68. The number of hydrogen-bond donors (Lipinski definition) is 2. The molecule has 2 fully saturated rings. The lowest BCUT2D eigenvalue weighted by molar-refractivity contribution is -0.138. The van der Waals surface area contributed by atoms with Crippen molar-refractivity contribution >= 4 is 34.4 Å². The molecule has 0 aliphatic carbocycles. The van der Waals surface area contributed by atoms with E-state index >= 15 is 0 Å². The molecule has 2 aliphatic rings. The monoisotopic (exact) mass is 426 g/mol. The number of hydrogen-bond acceptors (Lipinski definition) is 5. The summed E-state index contributed by atoms with van der Waals surface area (Å²) in [6.45, 7) is 2.27. The highest BCUT2D eigenvalue weighted by atomic mass is 35.5. The molecular weight excluding hydrogens is 404 g/mol. The maximum atomic E-state index is 11.0. The number of aromatic nitrogens is 3. The van der Waals surface area contributed by atoms with Gasteiger partial charge in [-0.3, -0.25) is 4.79 Å². The standard InChI is InChI=1S/C22H23ClN4O3/c23-16-2-3-17-18(10-16)26-21(25-17)15-1-4-19(24-12-15)27-7-5-22(6-8-27)11-14(13-30-22)9-20(28)29/h1-4,10,12,14H,5-9,11,13H2,(H,25,26)(H,28,29). The summed E-state index contributed by atoms with van der Waals surface area (Å²) in [7, 11) is 0. The minimum atomic E-state index is -0.741. The minimum Gasteiger partial charge on any atom is -0.481 e. The molecule has 30 heavy (non-hydrogen) atoms. The molecule has 1 spiro atoms. The maximum absolute atomic E-state index is 11.0. The Hall–Kier alpha value is -2.64. The van der Waals surface area contributed by atoms with E-state index in [1.54, 1.807) is 0 Å². The zero-order valence-electron chi connectivity index (χ0n) is 16.5. The van der Waals surface area contributed by atoms with Gasteiger partial charge in [-0.15, -0.1) is 0 Å². The normalized spacial score (nSPS) is 20.8. The maximum Gasteiger partial charge on any atom is 0.303 e. The third-order valence-electron chi connectivity index (χ3n) is 6.21. The number of piperidine rings is 1. The molecule has 2 aliphatic heterocycles. The van der Waals surface area contributed by atoms with E-state index in [1.807, 2.05) is 36.5 Å². The predicted molar refractivity (Wildman–Crippen MR) is 115 cm³/mol. The number of rotatable bonds is 4. The Bertz CT molecular complexity index is 1070. The number of nitrogens with one attached hydrogen (secondary N) is 1. The molecule has 1 atom stereocenters. The second-order valence-electron chi connectivity index (χ2n) is 8.30. The van der Waals surface area contributed by atoms with Gasteiger partial charge in [-0.25, -0.2) is 9.97 Å². The smallest absolute Gasteiger partial charge is 0.303 e. The van der Waals surface area contributed by atoms with E-state index in [2.05, 4.69) is 19.9 Å². The van der Waals surface area contributed by atoms with E-state index in [1.165, 1.54) is 0 Å². The van der Waals surface area contributed by atoms with Crippen LogP contribution in [0.5, 0.6) is 0 Å². The van der Waals surface area contributed by atoms with Gasteiger partial charge in [-0.05, 0) is 55.5 Å². The van der Waals surface area contributed by atoms with Crippen LogP contribution in [0, 0.1) is 5.92 Å². The number of H-pyrrole nitrogens is 1. The minimum absolute atomic E-state index is 0.130. The average Bonchev–Trinajstić information content (AvgIpc) is 3.32. The van der Waals surface area contributed by atoms with E-state index in [0.717, 1.165) is 60.6 Å². The molecule has 5 rings (SSSR count). The van der Waals surface area contributed by atoms with Crippen molar-refractivity contribution in [2.75, 3.05) is 24.6 Å². The summed E-state index contributed by atoms with van der Waals surface area (Å²) in [4.78, 5) is 25.8. The molecule has 3 aromatic rings. The highest BCUT2D eigenvalue weighted by Gasteiger charge is 2.43.